The van der Waals surface area contributed by atoms with Crippen molar-refractivity contribution in [2.24, 2.45) is 0 Å². The van der Waals surface area contributed by atoms with Crippen LogP contribution >= 0.6 is 11.8 Å². The van der Waals surface area contributed by atoms with E-state index < -0.39 is 0 Å². The maximum atomic E-state index is 12.8. The molecule has 1 heterocycles. The first-order chi connectivity index (χ1) is 13.2. The van der Waals surface area contributed by atoms with Gasteiger partial charge in [-0.1, -0.05) is 18.2 Å². The third-order valence-corrected chi connectivity index (χ3v) is 5.31. The van der Waals surface area contributed by atoms with Crippen LogP contribution in [-0.2, 0) is 4.79 Å². The molecular formula is C20H23N3O3S. The predicted molar refractivity (Wildman–Crippen MR) is 108 cm³/mol. The quantitative estimate of drug-likeness (QED) is 0.748. The van der Waals surface area contributed by atoms with Crippen LogP contribution < -0.4 is 15.4 Å². The second kappa shape index (κ2) is 9.43. The highest BCUT2D eigenvalue weighted by atomic mass is 32.2. The summed E-state index contributed by atoms with van der Waals surface area (Å²) in [6, 6.07) is 14.7. The van der Waals surface area contributed by atoms with Crippen molar-refractivity contribution in [3.05, 3.63) is 54.1 Å². The summed E-state index contributed by atoms with van der Waals surface area (Å²) in [5, 5.41) is 6.10. The average Bonchev–Trinajstić information content (AvgIpc) is 2.72. The Kier molecular flexibility index (Phi) is 6.73. The second-order valence-electron chi connectivity index (χ2n) is 6.11. The van der Waals surface area contributed by atoms with Crippen LogP contribution in [0.3, 0.4) is 0 Å². The zero-order chi connectivity index (χ0) is 19.1. The van der Waals surface area contributed by atoms with Gasteiger partial charge in [0.15, 0.2) is 0 Å². The minimum atomic E-state index is -0.127. The Hall–Kier alpha value is -2.51. The van der Waals surface area contributed by atoms with E-state index >= 15 is 0 Å². The maximum absolute atomic E-state index is 12.8. The van der Waals surface area contributed by atoms with Crippen LogP contribution in [-0.4, -0.2) is 55.8 Å². The van der Waals surface area contributed by atoms with Crippen LogP contribution in [0.25, 0.3) is 0 Å². The zero-order valence-corrected chi connectivity index (χ0v) is 16.1. The van der Waals surface area contributed by atoms with Crippen molar-refractivity contribution in [2.75, 3.05) is 44.4 Å². The molecule has 2 amide bonds. The third kappa shape index (κ3) is 5.24. The largest absolute Gasteiger partial charge is 0.497 e. The molecule has 0 atom stereocenters. The Morgan fingerprint density at radius 1 is 1.15 bits per heavy atom. The van der Waals surface area contributed by atoms with Crippen molar-refractivity contribution >= 4 is 29.3 Å². The standard InChI is InChI=1S/C20H23N3O3S/c1-26-16-6-4-5-15(13-16)22-19(24)14-27-18-8-3-2-7-17(18)20(25)23-11-9-21-10-12-23/h2-8,13,21H,9-12,14H2,1H3,(H,22,24). The van der Waals surface area contributed by atoms with Crippen LogP contribution in [0.1, 0.15) is 10.4 Å². The lowest BCUT2D eigenvalue weighted by Crippen LogP contribution is -2.46. The van der Waals surface area contributed by atoms with Crippen LogP contribution in [0.2, 0.25) is 0 Å². The Bertz CT molecular complexity index is 807. The van der Waals surface area contributed by atoms with Gasteiger partial charge in [0.1, 0.15) is 5.75 Å². The fraction of sp³-hybridized carbons (Fsp3) is 0.300. The number of thioether (sulfide) groups is 1. The van der Waals surface area contributed by atoms with E-state index in [4.69, 9.17) is 4.74 Å². The van der Waals surface area contributed by atoms with Crippen molar-refractivity contribution < 1.29 is 14.3 Å². The summed E-state index contributed by atoms with van der Waals surface area (Å²) < 4.78 is 5.16. The number of amides is 2. The van der Waals surface area contributed by atoms with E-state index in [-0.39, 0.29) is 17.6 Å². The summed E-state index contributed by atoms with van der Waals surface area (Å²) in [5.74, 6) is 0.807. The monoisotopic (exact) mass is 385 g/mol. The average molecular weight is 385 g/mol. The first kappa shape index (κ1) is 19.3. The van der Waals surface area contributed by atoms with E-state index in [0.717, 1.165) is 18.0 Å². The Morgan fingerprint density at radius 3 is 2.70 bits per heavy atom. The van der Waals surface area contributed by atoms with E-state index in [2.05, 4.69) is 10.6 Å². The number of hydrogen-bond donors (Lipinski definition) is 2. The molecule has 0 bridgehead atoms. The summed E-state index contributed by atoms with van der Waals surface area (Å²) in [7, 11) is 1.59. The van der Waals surface area contributed by atoms with Crippen LogP contribution in [0.15, 0.2) is 53.4 Å². The molecule has 142 valence electrons. The highest BCUT2D eigenvalue weighted by molar-refractivity contribution is 8.00. The van der Waals surface area contributed by atoms with Gasteiger partial charge >= 0.3 is 0 Å². The molecule has 0 aromatic heterocycles. The van der Waals surface area contributed by atoms with Crippen molar-refractivity contribution in [1.29, 1.82) is 0 Å². The molecule has 0 aliphatic carbocycles. The van der Waals surface area contributed by atoms with E-state index in [1.807, 2.05) is 47.4 Å². The van der Waals surface area contributed by atoms with Crippen molar-refractivity contribution in [1.82, 2.24) is 10.2 Å². The maximum Gasteiger partial charge on any atom is 0.255 e. The summed E-state index contributed by atoms with van der Waals surface area (Å²) in [4.78, 5) is 27.8. The molecule has 0 radical (unpaired) electrons. The molecule has 1 fully saturated rings. The van der Waals surface area contributed by atoms with Crippen LogP contribution in [0.5, 0.6) is 5.75 Å². The number of ether oxygens (including phenoxy) is 1. The predicted octanol–water partition coefficient (Wildman–Crippen LogP) is 2.47. The van der Waals surface area contributed by atoms with Crippen LogP contribution in [0.4, 0.5) is 5.69 Å². The van der Waals surface area contributed by atoms with Gasteiger partial charge in [-0.25, -0.2) is 0 Å². The molecule has 27 heavy (non-hydrogen) atoms. The van der Waals surface area contributed by atoms with Gasteiger partial charge in [-0.3, -0.25) is 9.59 Å². The first-order valence-electron chi connectivity index (χ1n) is 8.83. The molecule has 7 heteroatoms. The number of benzene rings is 2. The van der Waals surface area contributed by atoms with E-state index in [9.17, 15) is 9.59 Å². The minimum Gasteiger partial charge on any atom is -0.497 e. The first-order valence-corrected chi connectivity index (χ1v) is 9.81. The molecule has 1 aliphatic rings. The molecule has 2 aromatic carbocycles. The molecule has 3 rings (SSSR count). The molecule has 0 unspecified atom stereocenters. The van der Waals surface area contributed by atoms with E-state index in [1.165, 1.54) is 11.8 Å². The van der Waals surface area contributed by atoms with E-state index in [0.29, 0.717) is 30.1 Å². The lowest BCUT2D eigenvalue weighted by molar-refractivity contribution is -0.113. The molecular weight excluding hydrogens is 362 g/mol. The number of nitrogens with zero attached hydrogens (tertiary/aromatic N) is 1. The highest BCUT2D eigenvalue weighted by Gasteiger charge is 2.20. The number of carbonyl (C=O) groups is 2. The molecule has 0 spiro atoms. The Morgan fingerprint density at radius 2 is 1.93 bits per heavy atom. The minimum absolute atomic E-state index is 0.0211. The summed E-state index contributed by atoms with van der Waals surface area (Å²) in [5.41, 5.74) is 1.34. The SMILES string of the molecule is COc1cccc(NC(=O)CSc2ccccc2C(=O)N2CCNCC2)c1. The summed E-state index contributed by atoms with van der Waals surface area (Å²) in [6.07, 6.45) is 0. The summed E-state index contributed by atoms with van der Waals surface area (Å²) in [6.45, 7) is 3.02. The number of rotatable bonds is 6. The molecule has 1 aliphatic heterocycles. The van der Waals surface area contributed by atoms with Crippen molar-refractivity contribution in [3.8, 4) is 5.75 Å². The lowest BCUT2D eigenvalue weighted by atomic mass is 10.2. The normalized spacial score (nSPS) is 13.9. The van der Waals surface area contributed by atoms with Crippen molar-refractivity contribution in [3.63, 3.8) is 0 Å². The fourth-order valence-electron chi connectivity index (χ4n) is 2.85. The number of nitrogens with one attached hydrogen (secondary N) is 2. The second-order valence-corrected chi connectivity index (χ2v) is 7.12. The summed E-state index contributed by atoms with van der Waals surface area (Å²) >= 11 is 1.37. The van der Waals surface area contributed by atoms with Gasteiger partial charge in [-0.15, -0.1) is 11.8 Å². The lowest BCUT2D eigenvalue weighted by Gasteiger charge is -2.28. The molecule has 0 saturated carbocycles. The van der Waals surface area contributed by atoms with Gasteiger partial charge in [0.25, 0.3) is 5.91 Å². The molecule has 6 nitrogen and oxygen atoms in total. The smallest absolute Gasteiger partial charge is 0.255 e. The van der Waals surface area contributed by atoms with Gasteiger partial charge in [0.05, 0.1) is 18.4 Å². The van der Waals surface area contributed by atoms with Gasteiger partial charge in [0.2, 0.25) is 5.91 Å². The van der Waals surface area contributed by atoms with Gasteiger partial charge in [-0.2, -0.15) is 0 Å². The molecule has 1 saturated heterocycles. The zero-order valence-electron chi connectivity index (χ0n) is 15.2. The van der Waals surface area contributed by atoms with E-state index in [1.54, 1.807) is 13.2 Å². The number of carbonyl (C=O) groups excluding carboxylic acids is 2. The molecule has 2 aromatic rings. The molecule has 2 N–H and O–H groups in total. The number of piperazine rings is 1. The van der Waals surface area contributed by atoms with Gasteiger partial charge in [0, 0.05) is 42.8 Å². The number of methoxy groups -OCH3 is 1. The van der Waals surface area contributed by atoms with Gasteiger partial charge < -0.3 is 20.3 Å². The number of hydrogen-bond acceptors (Lipinski definition) is 5. The fourth-order valence-corrected chi connectivity index (χ4v) is 3.69. The van der Waals surface area contributed by atoms with Crippen LogP contribution in [0, 0.1) is 0 Å². The third-order valence-electron chi connectivity index (χ3n) is 4.23. The number of anilines is 1. The topological polar surface area (TPSA) is 70.7 Å². The highest BCUT2D eigenvalue weighted by Crippen LogP contribution is 2.25. The Balaban J connectivity index is 1.62. The van der Waals surface area contributed by atoms with Crippen molar-refractivity contribution in [2.45, 2.75) is 4.90 Å². The van der Waals surface area contributed by atoms with Gasteiger partial charge in [-0.05, 0) is 24.3 Å². The Labute approximate surface area is 163 Å².